The normalized spacial score (nSPS) is 27.5. The van der Waals surface area contributed by atoms with Crippen molar-refractivity contribution in [1.29, 1.82) is 5.26 Å². The predicted molar refractivity (Wildman–Crippen MR) is 66.2 cm³/mol. The third-order valence-electron chi connectivity index (χ3n) is 3.26. The van der Waals surface area contributed by atoms with Crippen molar-refractivity contribution in [3.8, 4) is 11.9 Å². The zero-order valence-corrected chi connectivity index (χ0v) is 10.7. The minimum atomic E-state index is -1.37. The van der Waals surface area contributed by atoms with Crippen LogP contribution in [0.2, 0.25) is 5.02 Å². The molecule has 5 heteroatoms. The van der Waals surface area contributed by atoms with Gasteiger partial charge in [-0.15, -0.1) is 0 Å². The lowest BCUT2D eigenvalue weighted by molar-refractivity contribution is 0.0378. The van der Waals surface area contributed by atoms with Crippen LogP contribution in [0.4, 0.5) is 4.39 Å². The summed E-state index contributed by atoms with van der Waals surface area (Å²) in [7, 11) is 0. The van der Waals surface area contributed by atoms with Crippen molar-refractivity contribution in [2.75, 3.05) is 6.61 Å². The Morgan fingerprint density at radius 2 is 2.28 bits per heavy atom. The number of nitriles is 1. The van der Waals surface area contributed by atoms with Gasteiger partial charge >= 0.3 is 0 Å². The maximum atomic E-state index is 14.4. The molecule has 1 saturated carbocycles. The summed E-state index contributed by atoms with van der Waals surface area (Å²) < 4.78 is 19.7. The van der Waals surface area contributed by atoms with E-state index >= 15 is 0 Å². The quantitative estimate of drug-likeness (QED) is 0.842. The van der Waals surface area contributed by atoms with Crippen LogP contribution >= 0.6 is 11.6 Å². The first-order valence-electron chi connectivity index (χ1n) is 5.95. The molecule has 1 heterocycles. The number of alkyl halides is 1. The first-order valence-corrected chi connectivity index (χ1v) is 6.33. The Hall–Kier alpha value is -1.34. The molecular weight excluding hydrogens is 255 g/mol. The van der Waals surface area contributed by atoms with E-state index < -0.39 is 5.67 Å². The fourth-order valence-electron chi connectivity index (χ4n) is 2.08. The van der Waals surface area contributed by atoms with Gasteiger partial charge in [0, 0.05) is 12.1 Å². The second kappa shape index (κ2) is 5.53. The number of aromatic nitrogens is 1. The lowest BCUT2D eigenvalue weighted by Crippen LogP contribution is -2.35. The minimum absolute atomic E-state index is 0.0210. The summed E-state index contributed by atoms with van der Waals surface area (Å²) in [6, 6.07) is 5.53. The van der Waals surface area contributed by atoms with Gasteiger partial charge < -0.3 is 4.74 Å². The molecule has 1 fully saturated rings. The zero-order chi connectivity index (χ0) is 13.0. The molecule has 0 saturated heterocycles. The number of hydrogen-bond acceptors (Lipinski definition) is 3. The average molecular weight is 269 g/mol. The third kappa shape index (κ3) is 3.11. The van der Waals surface area contributed by atoms with Crippen LogP contribution in [0.5, 0.6) is 5.88 Å². The Kier molecular flexibility index (Phi) is 4.03. The molecule has 1 aliphatic rings. The van der Waals surface area contributed by atoms with Gasteiger partial charge in [-0.2, -0.15) is 5.26 Å². The molecule has 0 atom stereocenters. The van der Waals surface area contributed by atoms with Crippen LogP contribution in [-0.2, 0) is 0 Å². The summed E-state index contributed by atoms with van der Waals surface area (Å²) in [4.78, 5) is 3.95. The van der Waals surface area contributed by atoms with Crippen LogP contribution in [-0.4, -0.2) is 17.3 Å². The SMILES string of the molecule is N#CC1CCC(F)(COc2ncccc2Cl)CC1. The monoisotopic (exact) mass is 268 g/mol. The van der Waals surface area contributed by atoms with E-state index in [9.17, 15) is 4.39 Å². The fraction of sp³-hybridized carbons (Fsp3) is 0.538. The van der Waals surface area contributed by atoms with E-state index in [-0.39, 0.29) is 18.4 Å². The van der Waals surface area contributed by atoms with Gasteiger partial charge in [0.05, 0.1) is 6.07 Å². The smallest absolute Gasteiger partial charge is 0.232 e. The van der Waals surface area contributed by atoms with E-state index in [2.05, 4.69) is 11.1 Å². The molecule has 0 aliphatic heterocycles. The predicted octanol–water partition coefficient (Wildman–Crippen LogP) is 3.54. The highest BCUT2D eigenvalue weighted by molar-refractivity contribution is 6.31. The second-order valence-corrected chi connectivity index (χ2v) is 5.04. The van der Waals surface area contributed by atoms with Gasteiger partial charge in [-0.25, -0.2) is 9.37 Å². The Balaban J connectivity index is 1.91. The topological polar surface area (TPSA) is 45.9 Å². The molecule has 0 spiro atoms. The zero-order valence-electron chi connectivity index (χ0n) is 9.90. The highest BCUT2D eigenvalue weighted by Crippen LogP contribution is 2.35. The first kappa shape index (κ1) is 13.1. The number of nitrogens with zero attached hydrogens (tertiary/aromatic N) is 2. The van der Waals surface area contributed by atoms with Crippen molar-refractivity contribution in [2.45, 2.75) is 31.4 Å². The van der Waals surface area contributed by atoms with Crippen LogP contribution in [0.15, 0.2) is 18.3 Å². The molecule has 0 N–H and O–H groups in total. The molecule has 1 aliphatic carbocycles. The van der Waals surface area contributed by atoms with Crippen molar-refractivity contribution in [1.82, 2.24) is 4.98 Å². The summed E-state index contributed by atoms with van der Waals surface area (Å²) >= 11 is 5.88. The molecule has 2 rings (SSSR count). The van der Waals surface area contributed by atoms with E-state index in [0.717, 1.165) is 0 Å². The van der Waals surface area contributed by atoms with Gasteiger partial charge in [-0.1, -0.05) is 11.6 Å². The molecule has 0 radical (unpaired) electrons. The Bertz CT molecular complexity index is 453. The molecule has 18 heavy (non-hydrogen) atoms. The molecular formula is C13H14ClFN2O. The third-order valence-corrected chi connectivity index (χ3v) is 3.54. The van der Waals surface area contributed by atoms with Gasteiger partial charge in [0.15, 0.2) is 0 Å². The Morgan fingerprint density at radius 1 is 1.56 bits per heavy atom. The number of ether oxygens (including phenoxy) is 1. The van der Waals surface area contributed by atoms with E-state index in [1.54, 1.807) is 18.3 Å². The maximum absolute atomic E-state index is 14.4. The molecule has 0 bridgehead atoms. The number of hydrogen-bond donors (Lipinski definition) is 0. The van der Waals surface area contributed by atoms with E-state index in [1.165, 1.54) is 0 Å². The molecule has 1 aromatic heterocycles. The number of halogens is 2. The van der Waals surface area contributed by atoms with E-state index in [1.807, 2.05) is 0 Å². The molecule has 96 valence electrons. The number of rotatable bonds is 3. The second-order valence-electron chi connectivity index (χ2n) is 4.63. The number of pyridine rings is 1. The standard InChI is InChI=1S/C13H14ClFN2O/c14-11-2-1-7-17-12(11)18-9-13(15)5-3-10(8-16)4-6-13/h1-2,7,10H,3-6,9H2. The van der Waals surface area contributed by atoms with E-state index in [0.29, 0.717) is 30.7 Å². The largest absolute Gasteiger partial charge is 0.473 e. The lowest BCUT2D eigenvalue weighted by atomic mass is 9.81. The van der Waals surface area contributed by atoms with Gasteiger partial charge in [0.1, 0.15) is 17.3 Å². The van der Waals surface area contributed by atoms with Crippen molar-refractivity contribution >= 4 is 11.6 Å². The van der Waals surface area contributed by atoms with Crippen molar-refractivity contribution in [3.63, 3.8) is 0 Å². The summed E-state index contributed by atoms with van der Waals surface area (Å²) in [5.41, 5.74) is -1.37. The molecule has 3 nitrogen and oxygen atoms in total. The summed E-state index contributed by atoms with van der Waals surface area (Å²) in [5, 5.41) is 9.16. The van der Waals surface area contributed by atoms with E-state index in [4.69, 9.17) is 21.6 Å². The van der Waals surface area contributed by atoms with Gasteiger partial charge in [0.2, 0.25) is 5.88 Å². The Morgan fingerprint density at radius 3 is 2.89 bits per heavy atom. The molecule has 0 unspecified atom stereocenters. The van der Waals surface area contributed by atoms with Crippen molar-refractivity contribution in [2.24, 2.45) is 5.92 Å². The van der Waals surface area contributed by atoms with Gasteiger partial charge in [-0.05, 0) is 37.8 Å². The molecule has 1 aromatic rings. The average Bonchev–Trinajstić information content (AvgIpc) is 2.39. The van der Waals surface area contributed by atoms with Crippen LogP contribution in [0.1, 0.15) is 25.7 Å². The molecule has 0 aromatic carbocycles. The van der Waals surface area contributed by atoms with Gasteiger partial charge in [0.25, 0.3) is 0 Å². The van der Waals surface area contributed by atoms with Crippen LogP contribution in [0.3, 0.4) is 0 Å². The molecule has 0 amide bonds. The van der Waals surface area contributed by atoms with Crippen LogP contribution < -0.4 is 4.74 Å². The minimum Gasteiger partial charge on any atom is -0.473 e. The summed E-state index contributed by atoms with van der Waals surface area (Å²) in [6.45, 7) is -0.0537. The lowest BCUT2D eigenvalue weighted by Gasteiger charge is -2.31. The van der Waals surface area contributed by atoms with Gasteiger partial charge in [-0.3, -0.25) is 0 Å². The highest BCUT2D eigenvalue weighted by Gasteiger charge is 2.36. The van der Waals surface area contributed by atoms with Crippen LogP contribution in [0, 0.1) is 17.2 Å². The summed E-state index contributed by atoms with van der Waals surface area (Å²) in [6.07, 6.45) is 3.45. The van der Waals surface area contributed by atoms with Crippen molar-refractivity contribution in [3.05, 3.63) is 23.4 Å². The fourth-order valence-corrected chi connectivity index (χ4v) is 2.26. The van der Waals surface area contributed by atoms with Crippen LogP contribution in [0.25, 0.3) is 0 Å². The summed E-state index contributed by atoms with van der Waals surface area (Å²) in [5.74, 6) is 0.242. The maximum Gasteiger partial charge on any atom is 0.232 e. The Labute approximate surface area is 111 Å². The highest BCUT2D eigenvalue weighted by atomic mass is 35.5. The van der Waals surface area contributed by atoms with Crippen molar-refractivity contribution < 1.29 is 9.13 Å². The first-order chi connectivity index (χ1) is 8.63.